The number of hydrogen-bond donors (Lipinski definition) is 1. The molecule has 0 unspecified atom stereocenters. The number of anilines is 2. The number of carbonyl (C=O) groups excluding carboxylic acids is 1. The second-order valence-corrected chi connectivity index (χ2v) is 14.8. The van der Waals surface area contributed by atoms with Crippen molar-refractivity contribution in [1.82, 2.24) is 0 Å². The lowest BCUT2D eigenvalue weighted by atomic mass is 9.63. The highest BCUT2D eigenvalue weighted by molar-refractivity contribution is 7.92. The van der Waals surface area contributed by atoms with Crippen LogP contribution in [0.15, 0.2) is 95.9 Å². The maximum atomic E-state index is 14.1. The molecule has 5 nitrogen and oxygen atoms in total. The quantitative estimate of drug-likeness (QED) is 0.224. The largest absolute Gasteiger partial charge is 0.322 e. The average Bonchev–Trinajstić information content (AvgIpc) is 2.95. The number of fused-ring (bicyclic) bond motifs is 1. The topological polar surface area (TPSA) is 66.5 Å². The minimum Gasteiger partial charge on any atom is -0.322 e. The molecule has 0 saturated heterocycles. The molecule has 0 bridgehead atoms. The van der Waals surface area contributed by atoms with E-state index in [1.807, 2.05) is 42.5 Å². The molecular weight excluding hydrogens is 587 g/mol. The van der Waals surface area contributed by atoms with Gasteiger partial charge in [-0.1, -0.05) is 87.3 Å². The highest BCUT2D eigenvalue weighted by atomic mass is 35.5. The van der Waals surface area contributed by atoms with E-state index < -0.39 is 15.9 Å². The zero-order valence-electron chi connectivity index (χ0n) is 24.1. The Morgan fingerprint density at radius 1 is 0.810 bits per heavy atom. The van der Waals surface area contributed by atoms with Gasteiger partial charge in [0.1, 0.15) is 0 Å². The average molecular weight is 622 g/mol. The van der Waals surface area contributed by atoms with Crippen molar-refractivity contribution < 1.29 is 13.2 Å². The van der Waals surface area contributed by atoms with Gasteiger partial charge in [0.2, 0.25) is 0 Å². The van der Waals surface area contributed by atoms with Crippen molar-refractivity contribution in [2.75, 3.05) is 9.62 Å². The normalized spacial score (nSPS) is 15.5. The van der Waals surface area contributed by atoms with Crippen LogP contribution in [0.1, 0.15) is 67.6 Å². The molecule has 0 radical (unpaired) electrons. The van der Waals surface area contributed by atoms with E-state index in [1.165, 1.54) is 33.6 Å². The molecule has 4 aromatic rings. The van der Waals surface area contributed by atoms with Crippen LogP contribution in [0.5, 0.6) is 0 Å². The monoisotopic (exact) mass is 620 g/mol. The highest BCUT2D eigenvalue weighted by Gasteiger charge is 2.37. The predicted molar refractivity (Wildman–Crippen MR) is 172 cm³/mol. The Labute approximate surface area is 258 Å². The van der Waals surface area contributed by atoms with Gasteiger partial charge in [-0.2, -0.15) is 0 Å². The predicted octanol–water partition coefficient (Wildman–Crippen LogP) is 8.99. The summed E-state index contributed by atoms with van der Waals surface area (Å²) in [6.07, 6.45) is 2.14. The minimum absolute atomic E-state index is 0.0267. The molecule has 8 heteroatoms. The first-order valence-corrected chi connectivity index (χ1v) is 16.1. The Morgan fingerprint density at radius 2 is 1.45 bits per heavy atom. The van der Waals surface area contributed by atoms with Crippen molar-refractivity contribution in [3.63, 3.8) is 0 Å². The Kier molecular flexibility index (Phi) is 8.18. The third kappa shape index (κ3) is 6.07. The second-order valence-electron chi connectivity index (χ2n) is 12.1. The zero-order chi connectivity index (χ0) is 30.3. The van der Waals surface area contributed by atoms with E-state index in [1.54, 1.807) is 24.3 Å². The minimum atomic E-state index is -4.10. The summed E-state index contributed by atoms with van der Waals surface area (Å²) in [4.78, 5) is 13.5. The molecule has 0 atom stereocenters. The van der Waals surface area contributed by atoms with Crippen LogP contribution in [-0.2, 0) is 27.4 Å². The summed E-state index contributed by atoms with van der Waals surface area (Å²) >= 11 is 12.6. The number of rotatable bonds is 7. The van der Waals surface area contributed by atoms with Crippen molar-refractivity contribution >= 4 is 50.5 Å². The van der Waals surface area contributed by atoms with Crippen molar-refractivity contribution in [3.8, 4) is 0 Å². The van der Waals surface area contributed by atoms with Gasteiger partial charge in [-0.3, -0.25) is 9.10 Å². The lowest BCUT2D eigenvalue weighted by molar-refractivity contribution is 0.102. The number of hydrogen-bond acceptors (Lipinski definition) is 3. The molecule has 1 amide bonds. The number of nitrogens with one attached hydrogen (secondary N) is 1. The molecule has 0 spiro atoms. The number of amides is 1. The van der Waals surface area contributed by atoms with Crippen LogP contribution >= 0.6 is 23.2 Å². The fraction of sp³-hybridized carbons (Fsp3) is 0.265. The molecule has 1 aliphatic rings. The van der Waals surface area contributed by atoms with Gasteiger partial charge in [-0.25, -0.2) is 8.42 Å². The van der Waals surface area contributed by atoms with Gasteiger partial charge in [-0.15, -0.1) is 0 Å². The number of nitrogens with zero attached hydrogens (tertiary/aromatic N) is 1. The van der Waals surface area contributed by atoms with E-state index in [0.717, 1.165) is 18.4 Å². The van der Waals surface area contributed by atoms with Gasteiger partial charge in [0, 0.05) is 10.7 Å². The molecule has 0 heterocycles. The Bertz CT molecular complexity index is 1730. The molecule has 0 aliphatic heterocycles. The van der Waals surface area contributed by atoms with Crippen molar-refractivity contribution in [2.45, 2.75) is 62.8 Å². The SMILES string of the molecule is CC1(C)CCC(C)(C)c2cc(NC(=O)c3cc(S(=O)(=O)N(Cc4ccccc4)c4ccc(Cl)cc4)ccc3Cl)ccc21. The van der Waals surface area contributed by atoms with E-state index in [9.17, 15) is 13.2 Å². The number of halogens is 2. The van der Waals surface area contributed by atoms with Gasteiger partial charge < -0.3 is 5.32 Å². The first-order valence-electron chi connectivity index (χ1n) is 13.9. The van der Waals surface area contributed by atoms with Crippen LogP contribution in [0.3, 0.4) is 0 Å². The van der Waals surface area contributed by atoms with Crippen molar-refractivity contribution in [3.05, 3.63) is 123 Å². The van der Waals surface area contributed by atoms with Crippen LogP contribution in [0.4, 0.5) is 11.4 Å². The van der Waals surface area contributed by atoms with E-state index >= 15 is 0 Å². The molecule has 5 rings (SSSR count). The van der Waals surface area contributed by atoms with Gasteiger partial charge >= 0.3 is 0 Å². The van der Waals surface area contributed by atoms with Crippen LogP contribution < -0.4 is 9.62 Å². The lowest BCUT2D eigenvalue weighted by Gasteiger charge is -2.42. The number of benzene rings is 4. The Balaban J connectivity index is 1.49. The molecule has 0 fully saturated rings. The molecule has 42 heavy (non-hydrogen) atoms. The molecular formula is C34H34Cl2N2O3S. The molecule has 1 aliphatic carbocycles. The van der Waals surface area contributed by atoms with Crippen molar-refractivity contribution in [1.29, 1.82) is 0 Å². The summed E-state index contributed by atoms with van der Waals surface area (Å²) in [6, 6.07) is 26.1. The number of carbonyl (C=O) groups is 1. The first-order chi connectivity index (χ1) is 19.8. The smallest absolute Gasteiger partial charge is 0.264 e. The van der Waals surface area contributed by atoms with E-state index in [0.29, 0.717) is 16.4 Å². The summed E-state index contributed by atoms with van der Waals surface area (Å²) in [7, 11) is -4.10. The van der Waals surface area contributed by atoms with E-state index in [2.05, 4.69) is 39.1 Å². The summed E-state index contributed by atoms with van der Waals surface area (Å²) in [6.45, 7) is 9.03. The third-order valence-corrected chi connectivity index (χ3v) is 10.5. The van der Waals surface area contributed by atoms with Crippen LogP contribution in [0.25, 0.3) is 0 Å². The van der Waals surface area contributed by atoms with Crippen LogP contribution in [0, 0.1) is 0 Å². The van der Waals surface area contributed by atoms with Gasteiger partial charge in [0.05, 0.1) is 27.7 Å². The lowest BCUT2D eigenvalue weighted by Crippen LogP contribution is -2.33. The fourth-order valence-electron chi connectivity index (χ4n) is 5.50. The third-order valence-electron chi connectivity index (χ3n) is 8.16. The second kappa shape index (κ2) is 11.4. The maximum absolute atomic E-state index is 14.1. The van der Waals surface area contributed by atoms with Crippen LogP contribution in [-0.4, -0.2) is 14.3 Å². The zero-order valence-corrected chi connectivity index (χ0v) is 26.4. The van der Waals surface area contributed by atoms with Crippen molar-refractivity contribution in [2.24, 2.45) is 0 Å². The molecule has 4 aromatic carbocycles. The summed E-state index contributed by atoms with van der Waals surface area (Å²) in [5, 5.41) is 3.61. The van der Waals surface area contributed by atoms with Crippen LogP contribution in [0.2, 0.25) is 10.0 Å². The van der Waals surface area contributed by atoms with Gasteiger partial charge in [-0.05, 0) is 95.0 Å². The summed E-state index contributed by atoms with van der Waals surface area (Å²) < 4.78 is 29.5. The Hall–Kier alpha value is -3.32. The molecule has 218 valence electrons. The molecule has 0 saturated carbocycles. The van der Waals surface area contributed by atoms with Gasteiger partial charge in [0.25, 0.3) is 15.9 Å². The Morgan fingerprint density at radius 3 is 2.12 bits per heavy atom. The molecule has 1 N–H and O–H groups in total. The highest BCUT2D eigenvalue weighted by Crippen LogP contribution is 2.46. The molecule has 0 aromatic heterocycles. The van der Waals surface area contributed by atoms with E-state index in [-0.39, 0.29) is 32.9 Å². The number of sulfonamides is 1. The maximum Gasteiger partial charge on any atom is 0.264 e. The van der Waals surface area contributed by atoms with E-state index in [4.69, 9.17) is 23.2 Å². The summed E-state index contributed by atoms with van der Waals surface area (Å²) in [5.74, 6) is -0.481. The van der Waals surface area contributed by atoms with Gasteiger partial charge in [0.15, 0.2) is 0 Å². The fourth-order valence-corrected chi connectivity index (χ4v) is 7.31. The summed E-state index contributed by atoms with van der Waals surface area (Å²) in [5.41, 5.74) is 4.48. The standard InChI is InChI=1S/C34H34Cl2N2O3S/c1-33(2)18-19-34(3,4)30-20-25(12-16-29(30)33)37-32(39)28-21-27(15-17-31(28)36)42(40,41)38(22-23-8-6-5-7-9-23)26-13-10-24(35)11-14-26/h5-17,20-21H,18-19,22H2,1-4H3,(H,37,39). The first kappa shape index (κ1) is 30.1.